The molecule has 0 amide bonds. The van der Waals surface area contributed by atoms with E-state index >= 15 is 0 Å². The summed E-state index contributed by atoms with van der Waals surface area (Å²) in [7, 11) is 0. The van der Waals surface area contributed by atoms with E-state index in [0.29, 0.717) is 12.1 Å². The molecule has 0 aliphatic carbocycles. The lowest BCUT2D eigenvalue weighted by Crippen LogP contribution is -2.24. The number of hydrogen-bond donors (Lipinski definition) is 1. The van der Waals surface area contributed by atoms with Gasteiger partial charge < -0.3 is 5.32 Å². The zero-order valence-corrected chi connectivity index (χ0v) is 12.6. The van der Waals surface area contributed by atoms with Gasteiger partial charge >= 0.3 is 0 Å². The Kier molecular flexibility index (Phi) is 5.00. The first-order valence-corrected chi connectivity index (χ1v) is 7.07. The Morgan fingerprint density at radius 1 is 0.952 bits per heavy atom. The van der Waals surface area contributed by atoms with E-state index in [0.717, 1.165) is 12.1 Å². The van der Waals surface area contributed by atoms with E-state index < -0.39 is 29.3 Å². The van der Waals surface area contributed by atoms with Gasteiger partial charge in [-0.1, -0.05) is 25.1 Å². The van der Waals surface area contributed by atoms with Gasteiger partial charge in [0.15, 0.2) is 17.5 Å². The summed E-state index contributed by atoms with van der Waals surface area (Å²) in [5.74, 6) is -4.59. The first kappa shape index (κ1) is 16.0. The normalized spacial score (nSPS) is 12.5. The minimum absolute atomic E-state index is 0.0814. The van der Waals surface area contributed by atoms with Gasteiger partial charge in [0.05, 0.1) is 10.5 Å². The molecular weight excluding hydrogens is 350 g/mol. The average Bonchev–Trinajstić information content (AvgIpc) is 2.46. The molecule has 0 spiro atoms. The second-order valence-corrected chi connectivity index (χ2v) is 5.19. The van der Waals surface area contributed by atoms with E-state index in [4.69, 9.17) is 0 Å². The van der Waals surface area contributed by atoms with Gasteiger partial charge in [0.1, 0.15) is 5.82 Å². The summed E-state index contributed by atoms with van der Waals surface area (Å²) in [4.78, 5) is 0. The standard InChI is InChI=1S/C15H12BrF4N/c1-2-21-15(8-4-3-5-10(17)12(8)16)9-6-7-11(18)14(20)13(9)19/h3-7,15,21H,2H2,1H3. The number of halogens is 5. The quantitative estimate of drug-likeness (QED) is 0.614. The molecule has 0 bridgehead atoms. The zero-order valence-electron chi connectivity index (χ0n) is 11.1. The number of hydrogen-bond acceptors (Lipinski definition) is 1. The third-order valence-electron chi connectivity index (χ3n) is 3.08. The fourth-order valence-electron chi connectivity index (χ4n) is 2.10. The van der Waals surface area contributed by atoms with Crippen molar-refractivity contribution in [2.75, 3.05) is 6.54 Å². The maximum Gasteiger partial charge on any atom is 0.194 e. The summed E-state index contributed by atoms with van der Waals surface area (Å²) >= 11 is 3.10. The lowest BCUT2D eigenvalue weighted by Gasteiger charge is -2.21. The van der Waals surface area contributed by atoms with Gasteiger partial charge in [-0.3, -0.25) is 0 Å². The Balaban J connectivity index is 2.59. The second-order valence-electron chi connectivity index (χ2n) is 4.40. The predicted octanol–water partition coefficient (Wildman–Crippen LogP) is 4.70. The van der Waals surface area contributed by atoms with Crippen LogP contribution in [-0.4, -0.2) is 6.54 Å². The minimum Gasteiger partial charge on any atom is -0.306 e. The van der Waals surface area contributed by atoms with Crippen molar-refractivity contribution < 1.29 is 17.6 Å². The lowest BCUT2D eigenvalue weighted by atomic mass is 9.97. The predicted molar refractivity (Wildman–Crippen MR) is 75.9 cm³/mol. The Hall–Kier alpha value is -1.40. The molecular formula is C15H12BrF4N. The lowest BCUT2D eigenvalue weighted by molar-refractivity contribution is 0.433. The topological polar surface area (TPSA) is 12.0 Å². The van der Waals surface area contributed by atoms with Gasteiger partial charge in [0.2, 0.25) is 0 Å². The summed E-state index contributed by atoms with van der Waals surface area (Å²) in [6.07, 6.45) is 0. The smallest absolute Gasteiger partial charge is 0.194 e. The van der Waals surface area contributed by atoms with Crippen LogP contribution >= 0.6 is 15.9 Å². The van der Waals surface area contributed by atoms with Crippen molar-refractivity contribution in [3.8, 4) is 0 Å². The van der Waals surface area contributed by atoms with Gasteiger partial charge in [-0.15, -0.1) is 0 Å². The third kappa shape index (κ3) is 3.11. The highest BCUT2D eigenvalue weighted by molar-refractivity contribution is 9.10. The Morgan fingerprint density at radius 2 is 1.67 bits per heavy atom. The van der Waals surface area contributed by atoms with Crippen LogP contribution in [0.4, 0.5) is 17.6 Å². The van der Waals surface area contributed by atoms with E-state index in [1.807, 2.05) is 0 Å². The minimum atomic E-state index is -1.54. The molecule has 0 aromatic heterocycles. The molecule has 0 aliphatic rings. The SMILES string of the molecule is CCNC(c1ccc(F)c(F)c1F)c1cccc(F)c1Br. The fraction of sp³-hybridized carbons (Fsp3) is 0.200. The van der Waals surface area contributed by atoms with Crippen molar-refractivity contribution in [1.29, 1.82) is 0 Å². The van der Waals surface area contributed by atoms with Crippen LogP contribution < -0.4 is 5.32 Å². The van der Waals surface area contributed by atoms with Crippen LogP contribution in [0.2, 0.25) is 0 Å². The van der Waals surface area contributed by atoms with E-state index in [1.165, 1.54) is 12.1 Å². The maximum atomic E-state index is 14.0. The number of nitrogens with one attached hydrogen (secondary N) is 1. The van der Waals surface area contributed by atoms with Crippen LogP contribution in [0.15, 0.2) is 34.8 Å². The van der Waals surface area contributed by atoms with Crippen LogP contribution in [0.3, 0.4) is 0 Å². The van der Waals surface area contributed by atoms with Crippen molar-refractivity contribution >= 4 is 15.9 Å². The monoisotopic (exact) mass is 361 g/mol. The Labute approximate surface area is 128 Å². The summed E-state index contributed by atoms with van der Waals surface area (Å²) < 4.78 is 54.3. The first-order valence-electron chi connectivity index (χ1n) is 6.28. The van der Waals surface area contributed by atoms with Crippen molar-refractivity contribution in [1.82, 2.24) is 5.32 Å². The zero-order chi connectivity index (χ0) is 15.6. The molecule has 112 valence electrons. The molecule has 0 saturated carbocycles. The average molecular weight is 362 g/mol. The van der Waals surface area contributed by atoms with Crippen molar-refractivity contribution in [3.63, 3.8) is 0 Å². The Morgan fingerprint density at radius 3 is 2.33 bits per heavy atom. The number of rotatable bonds is 4. The Bertz CT molecular complexity index is 660. The van der Waals surface area contributed by atoms with Gasteiger partial charge in [-0.2, -0.15) is 0 Å². The van der Waals surface area contributed by atoms with Crippen molar-refractivity contribution in [2.24, 2.45) is 0 Å². The molecule has 1 N–H and O–H groups in total. The highest BCUT2D eigenvalue weighted by Gasteiger charge is 2.24. The van der Waals surface area contributed by atoms with Crippen LogP contribution in [0.1, 0.15) is 24.1 Å². The molecule has 6 heteroatoms. The van der Waals surface area contributed by atoms with Crippen molar-refractivity contribution in [3.05, 3.63) is 69.2 Å². The van der Waals surface area contributed by atoms with Gasteiger partial charge in [0, 0.05) is 5.56 Å². The second kappa shape index (κ2) is 6.58. The molecule has 21 heavy (non-hydrogen) atoms. The highest BCUT2D eigenvalue weighted by atomic mass is 79.9. The van der Waals surface area contributed by atoms with Crippen LogP contribution in [0.5, 0.6) is 0 Å². The highest BCUT2D eigenvalue weighted by Crippen LogP contribution is 2.32. The fourth-order valence-corrected chi connectivity index (χ4v) is 2.59. The van der Waals surface area contributed by atoms with Crippen molar-refractivity contribution in [2.45, 2.75) is 13.0 Å². The third-order valence-corrected chi connectivity index (χ3v) is 3.91. The largest absolute Gasteiger partial charge is 0.306 e. The first-order chi connectivity index (χ1) is 9.97. The van der Waals surface area contributed by atoms with Crippen LogP contribution in [0.25, 0.3) is 0 Å². The molecule has 1 nitrogen and oxygen atoms in total. The van der Waals surface area contributed by atoms with E-state index in [-0.39, 0.29) is 10.0 Å². The van der Waals surface area contributed by atoms with Gasteiger partial charge in [0.25, 0.3) is 0 Å². The number of benzene rings is 2. The van der Waals surface area contributed by atoms with E-state index in [2.05, 4.69) is 21.2 Å². The van der Waals surface area contributed by atoms with Gasteiger partial charge in [-0.25, -0.2) is 17.6 Å². The molecule has 2 aromatic rings. The molecule has 1 atom stereocenters. The summed E-state index contributed by atoms with van der Waals surface area (Å²) in [6, 6.07) is 5.51. The van der Waals surface area contributed by atoms with E-state index in [9.17, 15) is 17.6 Å². The summed E-state index contributed by atoms with van der Waals surface area (Å²) in [5, 5.41) is 2.94. The van der Waals surface area contributed by atoms with Crippen LogP contribution in [-0.2, 0) is 0 Å². The molecule has 0 aliphatic heterocycles. The molecule has 1 unspecified atom stereocenters. The molecule has 0 heterocycles. The molecule has 0 saturated heterocycles. The molecule has 2 aromatic carbocycles. The van der Waals surface area contributed by atoms with Crippen LogP contribution in [0, 0.1) is 23.3 Å². The maximum absolute atomic E-state index is 14.0. The molecule has 2 rings (SSSR count). The summed E-state index contributed by atoms with van der Waals surface area (Å²) in [5.41, 5.74) is 0.323. The molecule has 0 fully saturated rings. The summed E-state index contributed by atoms with van der Waals surface area (Å²) in [6.45, 7) is 2.21. The van der Waals surface area contributed by atoms with E-state index in [1.54, 1.807) is 13.0 Å². The molecule has 0 radical (unpaired) electrons. The van der Waals surface area contributed by atoms with Gasteiger partial charge in [-0.05, 0) is 40.2 Å².